The van der Waals surface area contributed by atoms with E-state index in [1.807, 2.05) is 6.07 Å². The monoisotopic (exact) mass is 334 g/mol. The Morgan fingerprint density at radius 2 is 2.17 bits per heavy atom. The second-order valence-corrected chi connectivity index (χ2v) is 7.16. The zero-order valence-electron chi connectivity index (χ0n) is 14.0. The molecule has 1 N–H and O–H groups in total. The molecule has 1 aromatic rings. The van der Waals surface area contributed by atoms with Crippen molar-refractivity contribution in [2.45, 2.75) is 50.5 Å². The maximum Gasteiger partial charge on any atom is 0.249 e. The van der Waals surface area contributed by atoms with E-state index in [9.17, 15) is 4.79 Å². The van der Waals surface area contributed by atoms with Crippen LogP contribution in [0.15, 0.2) is 23.0 Å². The van der Waals surface area contributed by atoms with E-state index in [0.717, 1.165) is 58.5 Å². The molecule has 4 rings (SSSR count). The van der Waals surface area contributed by atoms with Gasteiger partial charge in [0.25, 0.3) is 0 Å². The van der Waals surface area contributed by atoms with Crippen LogP contribution in [-0.4, -0.2) is 55.4 Å². The first-order chi connectivity index (χ1) is 11.8. The fourth-order valence-electron chi connectivity index (χ4n) is 4.12. The van der Waals surface area contributed by atoms with Crippen molar-refractivity contribution in [2.24, 2.45) is 5.92 Å². The topological polar surface area (TPSA) is 63.9 Å². The van der Waals surface area contributed by atoms with Gasteiger partial charge in [-0.25, -0.2) is 0 Å². The van der Waals surface area contributed by atoms with Crippen molar-refractivity contribution in [3.63, 3.8) is 0 Å². The normalized spacial score (nSPS) is 31.2. The van der Waals surface area contributed by atoms with E-state index in [2.05, 4.69) is 10.2 Å². The highest BCUT2D eigenvalue weighted by Crippen LogP contribution is 2.34. The number of rotatable bonds is 5. The third kappa shape index (κ3) is 3.50. The Bertz CT molecular complexity index is 541. The second-order valence-electron chi connectivity index (χ2n) is 7.16. The van der Waals surface area contributed by atoms with Crippen molar-refractivity contribution in [3.05, 3.63) is 24.2 Å². The number of fused-ring (bicyclic) bond motifs is 1. The van der Waals surface area contributed by atoms with E-state index in [-0.39, 0.29) is 18.1 Å². The molecule has 0 aromatic carbocycles. The third-order valence-electron chi connectivity index (χ3n) is 5.56. The number of hydrogen-bond acceptors (Lipinski definition) is 5. The Balaban J connectivity index is 1.27. The van der Waals surface area contributed by atoms with Gasteiger partial charge in [-0.2, -0.15) is 0 Å². The van der Waals surface area contributed by atoms with Crippen molar-refractivity contribution < 1.29 is 18.7 Å². The van der Waals surface area contributed by atoms with E-state index in [1.54, 1.807) is 12.5 Å². The first-order valence-corrected chi connectivity index (χ1v) is 9.05. The molecule has 24 heavy (non-hydrogen) atoms. The molecule has 3 atom stereocenters. The van der Waals surface area contributed by atoms with E-state index in [0.29, 0.717) is 12.0 Å². The second kappa shape index (κ2) is 7.25. The summed E-state index contributed by atoms with van der Waals surface area (Å²) in [5.41, 5.74) is 1.18. The van der Waals surface area contributed by atoms with Gasteiger partial charge in [-0.1, -0.05) is 0 Å². The Hall–Kier alpha value is -1.37. The standard InChI is InChI=1S/C18H26N2O4/c21-18(19-10-13-2-6-22-7-3-13)17-9-15-16(24-17)1-5-20(15)11-14-4-8-23-12-14/h4,8,12-13,15-17H,1-3,5-7,9-11H2,(H,19,21)/t15-,16-,17+/m0/s1. The first kappa shape index (κ1) is 16.1. The number of carbonyl (C=O) groups excluding carboxylic acids is 1. The number of hydrogen-bond donors (Lipinski definition) is 1. The van der Waals surface area contributed by atoms with Crippen LogP contribution in [0.25, 0.3) is 0 Å². The molecule has 0 saturated carbocycles. The molecule has 0 radical (unpaired) electrons. The fourth-order valence-corrected chi connectivity index (χ4v) is 4.12. The number of furan rings is 1. The van der Waals surface area contributed by atoms with Crippen LogP contribution in [0.2, 0.25) is 0 Å². The average Bonchev–Trinajstić information content (AvgIpc) is 3.32. The summed E-state index contributed by atoms with van der Waals surface area (Å²) >= 11 is 0. The van der Waals surface area contributed by atoms with Gasteiger partial charge in [-0.15, -0.1) is 0 Å². The molecular weight excluding hydrogens is 308 g/mol. The van der Waals surface area contributed by atoms with E-state index >= 15 is 0 Å². The Morgan fingerprint density at radius 3 is 2.96 bits per heavy atom. The highest BCUT2D eigenvalue weighted by Gasteiger charge is 2.45. The van der Waals surface area contributed by atoms with Crippen LogP contribution in [0.3, 0.4) is 0 Å². The molecule has 6 heteroatoms. The third-order valence-corrected chi connectivity index (χ3v) is 5.56. The summed E-state index contributed by atoms with van der Waals surface area (Å²) in [6.07, 6.45) is 7.27. The molecule has 132 valence electrons. The maximum atomic E-state index is 12.4. The van der Waals surface area contributed by atoms with Gasteiger partial charge >= 0.3 is 0 Å². The lowest BCUT2D eigenvalue weighted by atomic mass is 10.0. The first-order valence-electron chi connectivity index (χ1n) is 9.05. The van der Waals surface area contributed by atoms with Crippen molar-refractivity contribution in [1.82, 2.24) is 10.2 Å². The van der Waals surface area contributed by atoms with Crippen LogP contribution in [0, 0.1) is 5.92 Å². The Kier molecular flexibility index (Phi) is 4.87. The van der Waals surface area contributed by atoms with Gasteiger partial charge in [-0.3, -0.25) is 9.69 Å². The largest absolute Gasteiger partial charge is 0.472 e. The van der Waals surface area contributed by atoms with Crippen LogP contribution < -0.4 is 5.32 Å². The summed E-state index contributed by atoms with van der Waals surface area (Å²) < 4.78 is 16.6. The number of amides is 1. The number of likely N-dealkylation sites (tertiary alicyclic amines) is 1. The summed E-state index contributed by atoms with van der Waals surface area (Å²) in [5, 5.41) is 3.09. The minimum atomic E-state index is -0.299. The molecule has 0 spiro atoms. The number of ether oxygens (including phenoxy) is 2. The Morgan fingerprint density at radius 1 is 1.29 bits per heavy atom. The van der Waals surface area contributed by atoms with Gasteiger partial charge in [0.2, 0.25) is 5.91 Å². The van der Waals surface area contributed by atoms with Crippen molar-refractivity contribution >= 4 is 5.91 Å². The number of nitrogens with one attached hydrogen (secondary N) is 1. The van der Waals surface area contributed by atoms with Crippen LogP contribution in [0.4, 0.5) is 0 Å². The predicted molar refractivity (Wildman–Crippen MR) is 87.4 cm³/mol. The van der Waals surface area contributed by atoms with Crippen LogP contribution in [-0.2, 0) is 20.8 Å². The molecule has 3 aliphatic rings. The zero-order valence-corrected chi connectivity index (χ0v) is 14.0. The molecule has 1 aromatic heterocycles. The zero-order chi connectivity index (χ0) is 16.4. The van der Waals surface area contributed by atoms with Gasteiger partial charge in [0.1, 0.15) is 6.10 Å². The molecule has 0 bridgehead atoms. The molecule has 1 amide bonds. The molecule has 0 aliphatic carbocycles. The fraction of sp³-hybridized carbons (Fsp3) is 0.722. The lowest BCUT2D eigenvalue weighted by Gasteiger charge is -2.23. The molecule has 3 saturated heterocycles. The highest BCUT2D eigenvalue weighted by atomic mass is 16.5. The molecule has 0 unspecified atom stereocenters. The average molecular weight is 334 g/mol. The summed E-state index contributed by atoms with van der Waals surface area (Å²) in [7, 11) is 0. The van der Waals surface area contributed by atoms with Gasteiger partial charge < -0.3 is 19.2 Å². The minimum absolute atomic E-state index is 0.0548. The van der Waals surface area contributed by atoms with Gasteiger partial charge in [0.05, 0.1) is 18.6 Å². The molecule has 3 aliphatic heterocycles. The van der Waals surface area contributed by atoms with Gasteiger partial charge in [-0.05, 0) is 31.2 Å². The SMILES string of the molecule is O=C(NCC1CCOCC1)[C@H]1C[C@H]2[C@H](CCN2Cc2ccoc2)O1. The van der Waals surface area contributed by atoms with Crippen molar-refractivity contribution in [3.8, 4) is 0 Å². The van der Waals surface area contributed by atoms with Crippen molar-refractivity contribution in [1.29, 1.82) is 0 Å². The number of carbonyl (C=O) groups is 1. The summed E-state index contributed by atoms with van der Waals surface area (Å²) in [4.78, 5) is 14.9. The molecular formula is C18H26N2O4. The molecule has 6 nitrogen and oxygen atoms in total. The van der Waals surface area contributed by atoms with Crippen molar-refractivity contribution in [2.75, 3.05) is 26.3 Å². The minimum Gasteiger partial charge on any atom is -0.472 e. The molecule has 3 fully saturated rings. The lowest BCUT2D eigenvalue weighted by Crippen LogP contribution is -2.39. The number of nitrogens with zero attached hydrogens (tertiary/aromatic N) is 1. The van der Waals surface area contributed by atoms with Crippen LogP contribution in [0.5, 0.6) is 0 Å². The summed E-state index contributed by atoms with van der Waals surface area (Å²) in [6, 6.07) is 2.35. The van der Waals surface area contributed by atoms with Gasteiger partial charge in [0.15, 0.2) is 0 Å². The highest BCUT2D eigenvalue weighted by molar-refractivity contribution is 5.81. The summed E-state index contributed by atoms with van der Waals surface area (Å²) in [5.74, 6) is 0.598. The smallest absolute Gasteiger partial charge is 0.249 e. The maximum absolute atomic E-state index is 12.4. The lowest BCUT2D eigenvalue weighted by molar-refractivity contribution is -0.132. The quantitative estimate of drug-likeness (QED) is 0.885. The van der Waals surface area contributed by atoms with Crippen LogP contribution in [0.1, 0.15) is 31.2 Å². The van der Waals surface area contributed by atoms with Crippen LogP contribution >= 0.6 is 0 Å². The predicted octanol–water partition coefficient (Wildman–Crippen LogP) is 1.55. The van der Waals surface area contributed by atoms with E-state index in [1.165, 1.54) is 5.56 Å². The van der Waals surface area contributed by atoms with E-state index < -0.39 is 0 Å². The summed E-state index contributed by atoms with van der Waals surface area (Å²) in [6.45, 7) is 4.27. The van der Waals surface area contributed by atoms with Gasteiger partial charge in [0, 0.05) is 50.9 Å². The Labute approximate surface area is 142 Å². The molecule has 4 heterocycles. The van der Waals surface area contributed by atoms with E-state index in [4.69, 9.17) is 13.9 Å².